The normalized spacial score (nSPS) is 25.2. The monoisotopic (exact) mass is 275 g/mol. The minimum Gasteiger partial charge on any atom is -0.330 e. The third-order valence-electron chi connectivity index (χ3n) is 4.58. The van der Waals surface area contributed by atoms with Gasteiger partial charge in [0.15, 0.2) is 0 Å². The van der Waals surface area contributed by atoms with Crippen molar-refractivity contribution in [1.82, 2.24) is 9.03 Å². The standard InChI is InChI=1S/C12H25N3O2S/c1-2-12(5-6-12)10-14-18(16,17)15-7-3-11(9-13)4-8-15/h11,14H,2-10,13H2,1H3. The molecule has 1 saturated heterocycles. The fourth-order valence-electron chi connectivity index (χ4n) is 2.55. The van der Waals surface area contributed by atoms with E-state index in [2.05, 4.69) is 11.6 Å². The molecular formula is C12H25N3O2S. The number of piperidine rings is 1. The molecule has 0 atom stereocenters. The van der Waals surface area contributed by atoms with Crippen LogP contribution < -0.4 is 10.5 Å². The van der Waals surface area contributed by atoms with Crippen LogP contribution >= 0.6 is 0 Å². The second-order valence-corrected chi connectivity index (χ2v) is 7.51. The highest BCUT2D eigenvalue weighted by Gasteiger charge is 2.41. The van der Waals surface area contributed by atoms with Gasteiger partial charge in [-0.2, -0.15) is 12.7 Å². The van der Waals surface area contributed by atoms with Crippen LogP contribution in [0.4, 0.5) is 0 Å². The Bertz CT molecular complexity index is 371. The van der Waals surface area contributed by atoms with E-state index in [-0.39, 0.29) is 5.41 Å². The fraction of sp³-hybridized carbons (Fsp3) is 1.00. The van der Waals surface area contributed by atoms with Crippen molar-refractivity contribution in [2.75, 3.05) is 26.2 Å². The Morgan fingerprint density at radius 3 is 2.39 bits per heavy atom. The van der Waals surface area contributed by atoms with E-state index in [4.69, 9.17) is 5.73 Å². The summed E-state index contributed by atoms with van der Waals surface area (Å²) in [5.74, 6) is 0.488. The first kappa shape index (κ1) is 14.2. The van der Waals surface area contributed by atoms with E-state index >= 15 is 0 Å². The van der Waals surface area contributed by atoms with E-state index in [0.29, 0.717) is 32.1 Å². The molecule has 0 spiro atoms. The molecule has 1 aliphatic carbocycles. The second kappa shape index (κ2) is 5.45. The Morgan fingerprint density at radius 1 is 1.33 bits per heavy atom. The van der Waals surface area contributed by atoms with E-state index in [1.807, 2.05) is 0 Å². The number of rotatable bonds is 6. The zero-order valence-corrected chi connectivity index (χ0v) is 12.0. The van der Waals surface area contributed by atoms with Crippen LogP contribution in [0.15, 0.2) is 0 Å². The first-order chi connectivity index (χ1) is 8.51. The molecule has 6 heteroatoms. The molecule has 0 bridgehead atoms. The topological polar surface area (TPSA) is 75.4 Å². The third-order valence-corrected chi connectivity index (χ3v) is 6.14. The van der Waals surface area contributed by atoms with Crippen molar-refractivity contribution in [3.63, 3.8) is 0 Å². The SMILES string of the molecule is CCC1(CNS(=O)(=O)N2CCC(CN)CC2)CC1. The number of nitrogens with two attached hydrogens (primary N) is 1. The van der Waals surface area contributed by atoms with Crippen molar-refractivity contribution in [3.05, 3.63) is 0 Å². The molecule has 106 valence electrons. The lowest BCUT2D eigenvalue weighted by atomic mass is 9.99. The van der Waals surface area contributed by atoms with Gasteiger partial charge in [0.1, 0.15) is 0 Å². The Balaban J connectivity index is 1.83. The molecule has 0 radical (unpaired) electrons. The molecule has 0 aromatic rings. The van der Waals surface area contributed by atoms with Gasteiger partial charge in [-0.05, 0) is 50.0 Å². The average Bonchev–Trinajstić information content (AvgIpc) is 3.17. The van der Waals surface area contributed by atoms with Gasteiger partial charge in [-0.1, -0.05) is 6.92 Å². The quantitative estimate of drug-likeness (QED) is 0.748. The Labute approximate surface area is 110 Å². The number of nitrogens with one attached hydrogen (secondary N) is 1. The van der Waals surface area contributed by atoms with Gasteiger partial charge < -0.3 is 5.73 Å². The minimum atomic E-state index is -3.28. The summed E-state index contributed by atoms with van der Waals surface area (Å²) in [6.45, 7) is 4.61. The summed E-state index contributed by atoms with van der Waals surface area (Å²) in [7, 11) is -3.28. The second-order valence-electron chi connectivity index (χ2n) is 5.76. The molecule has 2 fully saturated rings. The van der Waals surface area contributed by atoms with E-state index in [1.165, 1.54) is 0 Å². The van der Waals surface area contributed by atoms with E-state index in [9.17, 15) is 8.42 Å². The van der Waals surface area contributed by atoms with Gasteiger partial charge in [0.25, 0.3) is 10.2 Å². The first-order valence-corrected chi connectivity index (χ1v) is 8.40. The number of nitrogens with zero attached hydrogens (tertiary/aromatic N) is 1. The summed E-state index contributed by atoms with van der Waals surface area (Å²) >= 11 is 0. The lowest BCUT2D eigenvalue weighted by Gasteiger charge is -2.31. The minimum absolute atomic E-state index is 0.253. The average molecular weight is 275 g/mol. The van der Waals surface area contributed by atoms with E-state index < -0.39 is 10.2 Å². The maximum absolute atomic E-state index is 12.2. The molecule has 1 aliphatic heterocycles. The number of hydrogen-bond donors (Lipinski definition) is 2. The van der Waals surface area contributed by atoms with Gasteiger partial charge in [-0.3, -0.25) is 0 Å². The molecule has 0 unspecified atom stereocenters. The third kappa shape index (κ3) is 3.23. The molecule has 2 aliphatic rings. The predicted octanol–water partition coefficient (Wildman–Crippen LogP) is 0.682. The molecule has 2 rings (SSSR count). The highest BCUT2D eigenvalue weighted by molar-refractivity contribution is 7.87. The molecule has 0 aromatic heterocycles. The zero-order chi connectivity index (χ0) is 13.2. The van der Waals surface area contributed by atoms with E-state index in [1.54, 1.807) is 4.31 Å². The molecule has 0 aromatic carbocycles. The van der Waals surface area contributed by atoms with Crippen LogP contribution in [-0.4, -0.2) is 38.9 Å². The van der Waals surface area contributed by atoms with Crippen molar-refractivity contribution < 1.29 is 8.42 Å². The Morgan fingerprint density at radius 2 is 1.94 bits per heavy atom. The van der Waals surface area contributed by atoms with Gasteiger partial charge in [0.05, 0.1) is 0 Å². The van der Waals surface area contributed by atoms with Crippen molar-refractivity contribution in [2.45, 2.75) is 39.0 Å². The summed E-state index contributed by atoms with van der Waals surface area (Å²) in [5, 5.41) is 0. The summed E-state index contributed by atoms with van der Waals surface area (Å²) in [4.78, 5) is 0. The highest BCUT2D eigenvalue weighted by Crippen LogP contribution is 2.48. The summed E-state index contributed by atoms with van der Waals surface area (Å²) < 4.78 is 28.7. The zero-order valence-electron chi connectivity index (χ0n) is 11.2. The van der Waals surface area contributed by atoms with Crippen LogP contribution in [0.2, 0.25) is 0 Å². The molecule has 0 amide bonds. The van der Waals surface area contributed by atoms with Crippen LogP contribution in [-0.2, 0) is 10.2 Å². The lowest BCUT2D eigenvalue weighted by Crippen LogP contribution is -2.47. The number of hydrogen-bond acceptors (Lipinski definition) is 3. The summed E-state index contributed by atoms with van der Waals surface area (Å²) in [6.07, 6.45) is 5.14. The largest absolute Gasteiger partial charge is 0.330 e. The van der Waals surface area contributed by atoms with E-state index in [0.717, 1.165) is 32.1 Å². The smallest absolute Gasteiger partial charge is 0.279 e. The van der Waals surface area contributed by atoms with Crippen LogP contribution in [0.3, 0.4) is 0 Å². The molecule has 18 heavy (non-hydrogen) atoms. The summed E-state index contributed by atoms with van der Waals surface area (Å²) in [6, 6.07) is 0. The Kier molecular flexibility index (Phi) is 4.31. The van der Waals surface area contributed by atoms with Crippen LogP contribution in [0.5, 0.6) is 0 Å². The summed E-state index contributed by atoms with van der Waals surface area (Å²) in [5.41, 5.74) is 5.87. The molecule has 5 nitrogen and oxygen atoms in total. The molecule has 1 heterocycles. The van der Waals surface area contributed by atoms with Crippen molar-refractivity contribution in [1.29, 1.82) is 0 Å². The van der Waals surface area contributed by atoms with Crippen molar-refractivity contribution >= 4 is 10.2 Å². The van der Waals surface area contributed by atoms with Crippen molar-refractivity contribution in [3.8, 4) is 0 Å². The van der Waals surface area contributed by atoms with Crippen LogP contribution in [0.25, 0.3) is 0 Å². The molecular weight excluding hydrogens is 250 g/mol. The van der Waals surface area contributed by atoms with Gasteiger partial charge in [-0.15, -0.1) is 0 Å². The van der Waals surface area contributed by atoms with Gasteiger partial charge in [-0.25, -0.2) is 4.72 Å². The van der Waals surface area contributed by atoms with Gasteiger partial charge in [0.2, 0.25) is 0 Å². The first-order valence-electron chi connectivity index (χ1n) is 6.96. The van der Waals surface area contributed by atoms with Crippen LogP contribution in [0, 0.1) is 11.3 Å². The van der Waals surface area contributed by atoms with Gasteiger partial charge in [0, 0.05) is 19.6 Å². The maximum Gasteiger partial charge on any atom is 0.279 e. The van der Waals surface area contributed by atoms with Crippen molar-refractivity contribution in [2.24, 2.45) is 17.1 Å². The van der Waals surface area contributed by atoms with Crippen LogP contribution in [0.1, 0.15) is 39.0 Å². The lowest BCUT2D eigenvalue weighted by molar-refractivity contribution is 0.274. The molecule has 3 N–H and O–H groups in total. The molecule has 1 saturated carbocycles. The Hall–Kier alpha value is -0.170. The fourth-order valence-corrected chi connectivity index (χ4v) is 3.92. The highest BCUT2D eigenvalue weighted by atomic mass is 32.2. The van der Waals surface area contributed by atoms with Gasteiger partial charge >= 0.3 is 0 Å². The maximum atomic E-state index is 12.2. The predicted molar refractivity (Wildman–Crippen MR) is 72.2 cm³/mol.